The molecule has 0 unspecified atom stereocenters. The minimum Gasteiger partial charge on any atom is -0.481 e. The molecule has 6 fully saturated rings. The molecule has 7 rings (SSSR count). The number of aliphatic carboxylic acids is 2. The largest absolute Gasteiger partial charge is 0.481 e. The molecule has 312 valence electrons. The number of allylic oxidation sites excluding steroid dienone is 2. The van der Waals surface area contributed by atoms with E-state index in [0.29, 0.717) is 18.8 Å². The number of rotatable bonds is 6. The van der Waals surface area contributed by atoms with Crippen molar-refractivity contribution in [2.24, 2.45) is 50.2 Å². The van der Waals surface area contributed by atoms with Crippen molar-refractivity contribution in [1.29, 1.82) is 0 Å². The van der Waals surface area contributed by atoms with E-state index in [-0.39, 0.29) is 33.5 Å². The topological polar surface area (TPSA) is 213 Å². The van der Waals surface area contributed by atoms with E-state index in [2.05, 4.69) is 54.5 Å². The van der Waals surface area contributed by atoms with Gasteiger partial charge in [0.25, 0.3) is 0 Å². The molecule has 0 spiro atoms. The number of fused-ring (bicyclic) bond motifs is 7. The molecule has 13 nitrogen and oxygen atoms in total. The molecule has 7 N–H and O–H groups in total. The van der Waals surface area contributed by atoms with Gasteiger partial charge in [-0.3, -0.25) is 4.79 Å². The Bertz CT molecular complexity index is 1550. The predicted molar refractivity (Wildman–Crippen MR) is 197 cm³/mol. The molecule has 5 aliphatic carbocycles. The predicted octanol–water partition coefficient (Wildman–Crippen LogP) is 4.00. The average Bonchev–Trinajstić information content (AvgIpc) is 3.10. The highest BCUT2D eigenvalue weighted by Crippen LogP contribution is 2.76. The van der Waals surface area contributed by atoms with Gasteiger partial charge in [-0.25, -0.2) is 4.79 Å². The normalized spacial score (nSPS) is 53.1. The van der Waals surface area contributed by atoms with E-state index in [1.165, 1.54) is 12.5 Å². The van der Waals surface area contributed by atoms with Crippen molar-refractivity contribution in [3.63, 3.8) is 0 Å². The molecule has 13 heteroatoms. The maximum atomic E-state index is 13.0. The fourth-order valence-corrected chi connectivity index (χ4v) is 13.6. The van der Waals surface area contributed by atoms with Crippen molar-refractivity contribution >= 4 is 11.9 Å². The zero-order chi connectivity index (χ0) is 40.4. The van der Waals surface area contributed by atoms with E-state index in [1.807, 2.05) is 0 Å². The van der Waals surface area contributed by atoms with Crippen molar-refractivity contribution in [2.45, 2.75) is 187 Å². The number of aliphatic hydroxyl groups is 5. The Morgan fingerprint density at radius 3 is 2.02 bits per heavy atom. The summed E-state index contributed by atoms with van der Waals surface area (Å²) in [5.41, 5.74) is 0.142. The second-order valence-electron chi connectivity index (χ2n) is 20.7. The number of ether oxygens (including phenoxy) is 4. The van der Waals surface area contributed by atoms with Crippen LogP contribution in [-0.4, -0.2) is 115 Å². The number of hydrogen-bond donors (Lipinski definition) is 7. The highest BCUT2D eigenvalue weighted by atomic mass is 16.7. The first kappa shape index (κ1) is 41.5. The quantitative estimate of drug-likeness (QED) is 0.150. The minimum absolute atomic E-state index is 0.0313. The number of hydrogen-bond acceptors (Lipinski definition) is 11. The second kappa shape index (κ2) is 13.7. The fraction of sp³-hybridized carbons (Fsp3) is 0.905. The lowest BCUT2D eigenvalue weighted by molar-refractivity contribution is -0.361. The third-order valence-corrected chi connectivity index (χ3v) is 17.2. The maximum absolute atomic E-state index is 13.0. The SMILES string of the molecule is C[C@H]1O[C@@H](O[C@H]2[C@H](O)[C@@H](O)[C@H](O[C@H]3CC[C@]4(C)[C@H]5CC=C6[C@@H]7CC(C)(C)CC[C@]7(C(=O)O)CC[C@@]6(C)[C@]5(C)CC[C@H]4C3(C)C)O[C@@H]2C(=O)O)[C@H](O)[C@@H](O)[C@H]1O. The van der Waals surface area contributed by atoms with Crippen LogP contribution in [0, 0.1) is 50.2 Å². The average molecular weight is 779 g/mol. The van der Waals surface area contributed by atoms with Crippen LogP contribution in [0.2, 0.25) is 0 Å². The van der Waals surface area contributed by atoms with E-state index >= 15 is 0 Å². The van der Waals surface area contributed by atoms with Crippen LogP contribution in [0.5, 0.6) is 0 Å². The molecule has 55 heavy (non-hydrogen) atoms. The summed E-state index contributed by atoms with van der Waals surface area (Å²) in [6.45, 7) is 17.7. The van der Waals surface area contributed by atoms with E-state index in [9.17, 15) is 45.3 Å². The van der Waals surface area contributed by atoms with Crippen LogP contribution in [0.3, 0.4) is 0 Å². The van der Waals surface area contributed by atoms with Crippen molar-refractivity contribution in [3.8, 4) is 0 Å². The number of carbonyl (C=O) groups is 2. The van der Waals surface area contributed by atoms with Crippen molar-refractivity contribution in [1.82, 2.24) is 0 Å². The minimum atomic E-state index is -1.81. The lowest BCUT2D eigenvalue weighted by Gasteiger charge is -2.71. The highest BCUT2D eigenvalue weighted by Gasteiger charge is 2.69. The molecule has 7 aliphatic rings. The first-order valence-electron chi connectivity index (χ1n) is 20.6. The molecule has 0 aromatic carbocycles. The van der Waals surface area contributed by atoms with Crippen LogP contribution in [-0.2, 0) is 28.5 Å². The maximum Gasteiger partial charge on any atom is 0.335 e. The summed E-state index contributed by atoms with van der Waals surface area (Å²) < 4.78 is 23.5. The molecular weight excluding hydrogens is 712 g/mol. The van der Waals surface area contributed by atoms with Gasteiger partial charge in [-0.05, 0) is 116 Å². The highest BCUT2D eigenvalue weighted by molar-refractivity contribution is 5.76. The zero-order valence-electron chi connectivity index (χ0n) is 33.8. The molecule has 0 aromatic heterocycles. The van der Waals surface area contributed by atoms with Gasteiger partial charge in [-0.1, -0.05) is 60.1 Å². The van der Waals surface area contributed by atoms with Gasteiger partial charge in [-0.2, -0.15) is 0 Å². The Balaban J connectivity index is 1.10. The Hall–Kier alpha value is -1.68. The molecule has 2 aliphatic heterocycles. The van der Waals surface area contributed by atoms with Crippen LogP contribution in [0.15, 0.2) is 11.6 Å². The smallest absolute Gasteiger partial charge is 0.335 e. The van der Waals surface area contributed by atoms with Gasteiger partial charge < -0.3 is 54.7 Å². The molecule has 2 heterocycles. The molecule has 0 amide bonds. The van der Waals surface area contributed by atoms with Crippen molar-refractivity contribution in [3.05, 3.63) is 11.6 Å². The van der Waals surface area contributed by atoms with Crippen LogP contribution in [0.1, 0.15) is 120 Å². The number of carboxylic acids is 2. The van der Waals surface area contributed by atoms with Gasteiger partial charge in [-0.15, -0.1) is 0 Å². The second-order valence-corrected chi connectivity index (χ2v) is 20.7. The molecule has 18 atom stereocenters. The summed E-state index contributed by atoms with van der Waals surface area (Å²) in [6, 6.07) is 0. The van der Waals surface area contributed by atoms with Crippen molar-refractivity contribution < 1.29 is 64.3 Å². The van der Waals surface area contributed by atoms with Crippen LogP contribution >= 0.6 is 0 Å². The molecule has 4 saturated carbocycles. The van der Waals surface area contributed by atoms with Gasteiger partial charge in [0, 0.05) is 0 Å². The lowest BCUT2D eigenvalue weighted by atomic mass is 9.33. The fourth-order valence-electron chi connectivity index (χ4n) is 13.6. The molecule has 0 radical (unpaired) electrons. The third kappa shape index (κ3) is 6.10. The van der Waals surface area contributed by atoms with Gasteiger partial charge in [0.2, 0.25) is 0 Å². The van der Waals surface area contributed by atoms with E-state index in [1.54, 1.807) is 0 Å². The van der Waals surface area contributed by atoms with Gasteiger partial charge in [0.1, 0.15) is 36.6 Å². The monoisotopic (exact) mass is 778 g/mol. The van der Waals surface area contributed by atoms with Gasteiger partial charge >= 0.3 is 11.9 Å². The molecule has 0 bridgehead atoms. The Labute approximate surface area is 324 Å². The summed E-state index contributed by atoms with van der Waals surface area (Å²) in [4.78, 5) is 25.5. The first-order chi connectivity index (χ1) is 25.4. The van der Waals surface area contributed by atoms with Gasteiger partial charge in [0.05, 0.1) is 17.6 Å². The van der Waals surface area contributed by atoms with Crippen LogP contribution in [0.25, 0.3) is 0 Å². The summed E-state index contributed by atoms with van der Waals surface area (Å²) in [5, 5.41) is 74.2. The van der Waals surface area contributed by atoms with E-state index in [4.69, 9.17) is 18.9 Å². The summed E-state index contributed by atoms with van der Waals surface area (Å²) in [7, 11) is 0. The molecule has 2 saturated heterocycles. The zero-order valence-corrected chi connectivity index (χ0v) is 33.8. The van der Waals surface area contributed by atoms with Crippen LogP contribution < -0.4 is 0 Å². The standard InChI is InChI=1S/C42H66O13/c1-20-26(43)27(44)29(46)34(52-20)54-31-28(45)30(47)35(55-32(31)33(48)49)53-25-12-13-39(6)23(38(25,4)5)11-14-41(8)24(39)10-9-21-22-19-37(2,3)15-17-42(22,36(50)51)18-16-40(21,41)7/h9,20,22-32,34-35,43-47H,10-19H2,1-8H3,(H,48,49)(H,50,51)/t20-,22+,23+,24-,25+,26+,27+,28-,29-,30-,31+,32+,34+,35-,39+,40-,41-,42+/m1/s1. The van der Waals surface area contributed by atoms with E-state index < -0.39 is 90.3 Å². The summed E-state index contributed by atoms with van der Waals surface area (Å²) in [6.07, 6.45) is -5.44. The summed E-state index contributed by atoms with van der Waals surface area (Å²) in [5.74, 6) is -1.51. The number of carboxylic acid groups (broad SMARTS) is 2. The first-order valence-corrected chi connectivity index (χ1v) is 20.6. The molecular formula is C42H66O13. The van der Waals surface area contributed by atoms with Crippen molar-refractivity contribution in [2.75, 3.05) is 0 Å². The Kier molecular flexibility index (Phi) is 10.3. The third-order valence-electron chi connectivity index (χ3n) is 17.2. The summed E-state index contributed by atoms with van der Waals surface area (Å²) >= 11 is 0. The Morgan fingerprint density at radius 1 is 0.727 bits per heavy atom. The van der Waals surface area contributed by atoms with Gasteiger partial charge in [0.15, 0.2) is 18.7 Å². The number of aliphatic hydroxyl groups excluding tert-OH is 5. The van der Waals surface area contributed by atoms with Crippen LogP contribution in [0.4, 0.5) is 0 Å². The molecule has 0 aromatic rings. The Morgan fingerprint density at radius 2 is 1.36 bits per heavy atom. The van der Waals surface area contributed by atoms with E-state index in [0.717, 1.165) is 51.4 Å². The lowest BCUT2D eigenvalue weighted by Crippen LogP contribution is -2.67.